The van der Waals surface area contributed by atoms with Crippen LogP contribution in [0.2, 0.25) is 10.0 Å². The predicted octanol–water partition coefficient (Wildman–Crippen LogP) is 13.6. The molecule has 0 fully saturated rings. The van der Waals surface area contributed by atoms with E-state index in [-0.39, 0.29) is 0 Å². The molecule has 7 aromatic carbocycles. The van der Waals surface area contributed by atoms with Gasteiger partial charge in [-0.15, -0.1) is 0 Å². The molecule has 0 radical (unpaired) electrons. The van der Waals surface area contributed by atoms with Gasteiger partial charge in [-0.2, -0.15) is 0 Å². The summed E-state index contributed by atoms with van der Waals surface area (Å²) >= 11 is 12.5. The Balaban J connectivity index is 1.23. The van der Waals surface area contributed by atoms with Crippen molar-refractivity contribution >= 4 is 63.6 Å². The number of hydrogen-bond acceptors (Lipinski definition) is 1. The molecule has 0 heterocycles. The van der Waals surface area contributed by atoms with E-state index in [4.69, 9.17) is 23.2 Å². The monoisotopic (exact) mass is 669 g/mol. The molecule has 0 bridgehead atoms. The lowest BCUT2D eigenvalue weighted by atomic mass is 9.95. The molecule has 1 nitrogen and oxygen atoms in total. The molecule has 3 heteroatoms. The third-order valence-electron chi connectivity index (χ3n) is 8.42. The van der Waals surface area contributed by atoms with Crippen LogP contribution in [0.3, 0.4) is 0 Å². The topological polar surface area (TPSA) is 3.24 Å². The third-order valence-corrected chi connectivity index (χ3v) is 8.92. The SMILES string of the molecule is Clc1ccc(C(=Cc2ccc(N(c3ccccc3)c3ccc(C=C(c4ccccc4)c4ccc(Cl)cc4)cc3)cc2)c2ccccc2)cc1. The van der Waals surface area contributed by atoms with Crippen LogP contribution in [-0.2, 0) is 0 Å². The lowest BCUT2D eigenvalue weighted by Crippen LogP contribution is -2.09. The summed E-state index contributed by atoms with van der Waals surface area (Å²) in [6.07, 6.45) is 4.47. The number of rotatable bonds is 9. The van der Waals surface area contributed by atoms with Gasteiger partial charge in [-0.05, 0) is 117 Å². The minimum atomic E-state index is 0.726. The Labute approximate surface area is 298 Å². The molecule has 7 aromatic rings. The molecule has 0 unspecified atom stereocenters. The Kier molecular flexibility index (Phi) is 9.85. The van der Waals surface area contributed by atoms with Gasteiger partial charge >= 0.3 is 0 Å². The maximum atomic E-state index is 6.23. The molecule has 0 spiro atoms. The average Bonchev–Trinajstić information content (AvgIpc) is 3.16. The van der Waals surface area contributed by atoms with E-state index >= 15 is 0 Å². The highest BCUT2D eigenvalue weighted by Crippen LogP contribution is 2.36. The molecule has 236 valence electrons. The molecule has 0 N–H and O–H groups in total. The van der Waals surface area contributed by atoms with Crippen LogP contribution in [0.25, 0.3) is 23.3 Å². The van der Waals surface area contributed by atoms with Crippen molar-refractivity contribution in [3.63, 3.8) is 0 Å². The highest BCUT2D eigenvalue weighted by Gasteiger charge is 2.13. The second-order valence-electron chi connectivity index (χ2n) is 11.7. The van der Waals surface area contributed by atoms with Gasteiger partial charge in [0.1, 0.15) is 0 Å². The van der Waals surface area contributed by atoms with Gasteiger partial charge in [-0.3, -0.25) is 0 Å². The van der Waals surface area contributed by atoms with Crippen molar-refractivity contribution < 1.29 is 0 Å². The zero-order valence-electron chi connectivity index (χ0n) is 26.8. The predicted molar refractivity (Wildman–Crippen MR) is 211 cm³/mol. The largest absolute Gasteiger partial charge is 0.311 e. The van der Waals surface area contributed by atoms with E-state index in [1.165, 1.54) is 0 Å². The molecule has 7 rings (SSSR count). The minimum absolute atomic E-state index is 0.726. The maximum absolute atomic E-state index is 6.23. The van der Waals surface area contributed by atoms with Gasteiger partial charge in [0.15, 0.2) is 0 Å². The first kappa shape index (κ1) is 32.0. The second-order valence-corrected chi connectivity index (χ2v) is 12.6. The van der Waals surface area contributed by atoms with Crippen molar-refractivity contribution in [1.82, 2.24) is 0 Å². The molecular formula is C46H33Cl2N. The molecule has 49 heavy (non-hydrogen) atoms. The summed E-state index contributed by atoms with van der Waals surface area (Å²) in [5, 5.41) is 1.45. The van der Waals surface area contributed by atoms with Gasteiger partial charge in [-0.1, -0.05) is 151 Å². The minimum Gasteiger partial charge on any atom is -0.311 e. The highest BCUT2D eigenvalue weighted by atomic mass is 35.5. The van der Waals surface area contributed by atoms with Crippen LogP contribution in [-0.4, -0.2) is 0 Å². The lowest BCUT2D eigenvalue weighted by Gasteiger charge is -2.25. The summed E-state index contributed by atoms with van der Waals surface area (Å²) in [7, 11) is 0. The van der Waals surface area contributed by atoms with Crippen molar-refractivity contribution in [2.45, 2.75) is 0 Å². The highest BCUT2D eigenvalue weighted by molar-refractivity contribution is 6.31. The summed E-state index contributed by atoms with van der Waals surface area (Å²) < 4.78 is 0. The van der Waals surface area contributed by atoms with Crippen LogP contribution in [0.1, 0.15) is 33.4 Å². The van der Waals surface area contributed by atoms with Gasteiger partial charge in [0.2, 0.25) is 0 Å². The zero-order chi connectivity index (χ0) is 33.4. The molecule has 0 aliphatic rings. The summed E-state index contributed by atoms with van der Waals surface area (Å²) in [6, 6.07) is 64.9. The van der Waals surface area contributed by atoms with Crippen molar-refractivity contribution in [1.29, 1.82) is 0 Å². The quantitative estimate of drug-likeness (QED) is 0.138. The first-order valence-corrected chi connectivity index (χ1v) is 17.0. The molecule has 0 aliphatic carbocycles. The van der Waals surface area contributed by atoms with Gasteiger partial charge < -0.3 is 4.90 Å². The normalized spacial score (nSPS) is 11.7. The van der Waals surface area contributed by atoms with Crippen LogP contribution >= 0.6 is 23.2 Å². The van der Waals surface area contributed by atoms with Gasteiger partial charge in [0.25, 0.3) is 0 Å². The molecule has 0 aliphatic heterocycles. The number of nitrogens with zero attached hydrogens (tertiary/aromatic N) is 1. The number of hydrogen-bond donors (Lipinski definition) is 0. The summed E-state index contributed by atoms with van der Waals surface area (Å²) in [5.74, 6) is 0. The fraction of sp³-hybridized carbons (Fsp3) is 0. The lowest BCUT2D eigenvalue weighted by molar-refractivity contribution is 1.28. The summed E-state index contributed by atoms with van der Waals surface area (Å²) in [4.78, 5) is 2.29. The Bertz CT molecular complexity index is 2030. The molecular weight excluding hydrogens is 637 g/mol. The van der Waals surface area contributed by atoms with Gasteiger partial charge in [0, 0.05) is 27.1 Å². The molecule has 0 saturated heterocycles. The van der Waals surface area contributed by atoms with E-state index in [1.54, 1.807) is 0 Å². The van der Waals surface area contributed by atoms with Crippen LogP contribution in [0.15, 0.2) is 188 Å². The summed E-state index contributed by atoms with van der Waals surface area (Å²) in [5.41, 5.74) is 12.3. The van der Waals surface area contributed by atoms with Crippen LogP contribution < -0.4 is 4.90 Å². The van der Waals surface area contributed by atoms with Crippen LogP contribution in [0.5, 0.6) is 0 Å². The fourth-order valence-corrected chi connectivity index (χ4v) is 6.21. The molecule has 0 amide bonds. The molecule has 0 saturated carbocycles. The van der Waals surface area contributed by atoms with Crippen molar-refractivity contribution in [3.05, 3.63) is 231 Å². The van der Waals surface area contributed by atoms with Crippen LogP contribution in [0.4, 0.5) is 17.1 Å². The van der Waals surface area contributed by atoms with Crippen LogP contribution in [0, 0.1) is 0 Å². The number of para-hydroxylation sites is 1. The smallest absolute Gasteiger partial charge is 0.0462 e. The van der Waals surface area contributed by atoms with Crippen molar-refractivity contribution in [3.8, 4) is 0 Å². The van der Waals surface area contributed by atoms with E-state index in [9.17, 15) is 0 Å². The van der Waals surface area contributed by atoms with Gasteiger partial charge in [-0.25, -0.2) is 0 Å². The third kappa shape index (κ3) is 7.77. The Morgan fingerprint density at radius 1 is 0.327 bits per heavy atom. The van der Waals surface area contributed by atoms with Gasteiger partial charge in [0.05, 0.1) is 0 Å². The fourth-order valence-electron chi connectivity index (χ4n) is 5.96. The summed E-state index contributed by atoms with van der Waals surface area (Å²) in [6.45, 7) is 0. The standard InChI is InChI=1S/C46H33Cl2N/c47-40-24-20-38(21-25-40)45(36-10-4-1-5-11-36)32-34-16-28-43(29-17-34)49(42-14-8-3-9-15-42)44-30-18-35(19-31-44)33-46(37-12-6-2-7-13-37)39-22-26-41(48)27-23-39/h1-33H. The van der Waals surface area contributed by atoms with E-state index in [2.05, 4.69) is 163 Å². The van der Waals surface area contributed by atoms with E-state index in [0.717, 1.165) is 71.6 Å². The maximum Gasteiger partial charge on any atom is 0.0462 e. The Hall–Kier alpha value is -5.60. The van der Waals surface area contributed by atoms with E-state index in [1.807, 2.05) is 42.5 Å². The average molecular weight is 671 g/mol. The first-order chi connectivity index (χ1) is 24.1. The van der Waals surface area contributed by atoms with Crippen molar-refractivity contribution in [2.24, 2.45) is 0 Å². The van der Waals surface area contributed by atoms with Crippen molar-refractivity contribution in [2.75, 3.05) is 4.90 Å². The Morgan fingerprint density at radius 2 is 0.633 bits per heavy atom. The van der Waals surface area contributed by atoms with E-state index < -0.39 is 0 Å². The number of halogens is 2. The molecule has 0 aromatic heterocycles. The zero-order valence-corrected chi connectivity index (χ0v) is 28.3. The molecule has 0 atom stereocenters. The first-order valence-electron chi connectivity index (χ1n) is 16.2. The number of benzene rings is 7. The number of anilines is 3. The Morgan fingerprint density at radius 3 is 1.00 bits per heavy atom. The second kappa shape index (κ2) is 15.1. The van der Waals surface area contributed by atoms with E-state index in [0.29, 0.717) is 0 Å².